The number of benzene rings is 1. The van der Waals surface area contributed by atoms with E-state index in [1.165, 1.54) is 10.9 Å². The SMILES string of the molecule is Cl.O=C(Cn1cnc2c(oc3ccccc32)c1=O)NC1CCNCC1. The van der Waals surface area contributed by atoms with Crippen molar-refractivity contribution in [2.75, 3.05) is 13.1 Å². The molecule has 1 amide bonds. The zero-order chi connectivity index (χ0) is 16.5. The smallest absolute Gasteiger partial charge is 0.297 e. The predicted molar refractivity (Wildman–Crippen MR) is 97.1 cm³/mol. The summed E-state index contributed by atoms with van der Waals surface area (Å²) in [7, 11) is 0. The fourth-order valence-electron chi connectivity index (χ4n) is 3.12. The highest BCUT2D eigenvalue weighted by Crippen LogP contribution is 2.23. The van der Waals surface area contributed by atoms with Gasteiger partial charge >= 0.3 is 0 Å². The average Bonchev–Trinajstić information content (AvgIpc) is 2.98. The van der Waals surface area contributed by atoms with Crippen LogP contribution in [0, 0.1) is 0 Å². The van der Waals surface area contributed by atoms with Crippen molar-refractivity contribution >= 4 is 40.4 Å². The van der Waals surface area contributed by atoms with Gasteiger partial charge in [-0.25, -0.2) is 4.98 Å². The highest BCUT2D eigenvalue weighted by molar-refractivity contribution is 6.01. The van der Waals surface area contributed by atoms with Crippen LogP contribution in [0.5, 0.6) is 0 Å². The third kappa shape index (κ3) is 3.38. The largest absolute Gasteiger partial charge is 0.448 e. The summed E-state index contributed by atoms with van der Waals surface area (Å²) in [5.74, 6) is -0.179. The zero-order valence-electron chi connectivity index (χ0n) is 13.5. The second-order valence-corrected chi connectivity index (χ2v) is 6.05. The van der Waals surface area contributed by atoms with Crippen LogP contribution in [0.3, 0.4) is 0 Å². The van der Waals surface area contributed by atoms with Crippen LogP contribution in [-0.4, -0.2) is 34.6 Å². The van der Waals surface area contributed by atoms with Gasteiger partial charge in [-0.1, -0.05) is 12.1 Å². The Bertz CT molecular complexity index is 959. The number of halogens is 1. The van der Waals surface area contributed by atoms with Crippen LogP contribution in [0.4, 0.5) is 0 Å². The lowest BCUT2D eigenvalue weighted by Gasteiger charge is -2.23. The summed E-state index contributed by atoms with van der Waals surface area (Å²) in [4.78, 5) is 29.1. The molecule has 0 radical (unpaired) electrons. The molecular weight excluding hydrogens is 344 g/mol. The zero-order valence-corrected chi connectivity index (χ0v) is 14.3. The standard InChI is InChI=1S/C17H18N4O3.ClH/c22-14(20-11-5-7-18-8-6-11)9-21-10-19-15-12-3-1-2-4-13(12)24-16(15)17(21)23;/h1-4,10-11,18H,5-9H2,(H,20,22);1H. The van der Waals surface area contributed by atoms with Crippen LogP contribution in [0.2, 0.25) is 0 Å². The van der Waals surface area contributed by atoms with Gasteiger partial charge in [0.15, 0.2) is 0 Å². The highest BCUT2D eigenvalue weighted by atomic mass is 35.5. The maximum absolute atomic E-state index is 12.6. The van der Waals surface area contributed by atoms with Crippen LogP contribution in [0.1, 0.15) is 12.8 Å². The van der Waals surface area contributed by atoms with Gasteiger partial charge in [-0.15, -0.1) is 12.4 Å². The Hall–Kier alpha value is -2.38. The van der Waals surface area contributed by atoms with E-state index < -0.39 is 0 Å². The molecule has 1 fully saturated rings. The van der Waals surface area contributed by atoms with E-state index in [0.29, 0.717) is 11.1 Å². The van der Waals surface area contributed by atoms with Crippen molar-refractivity contribution in [2.45, 2.75) is 25.4 Å². The van der Waals surface area contributed by atoms with E-state index in [1.54, 1.807) is 6.07 Å². The number of furan rings is 1. The number of nitrogens with zero attached hydrogens (tertiary/aromatic N) is 2. The number of fused-ring (bicyclic) bond motifs is 3. The number of piperidine rings is 1. The van der Waals surface area contributed by atoms with Crippen molar-refractivity contribution in [3.8, 4) is 0 Å². The summed E-state index contributed by atoms with van der Waals surface area (Å²) in [5.41, 5.74) is 1.00. The van der Waals surface area contributed by atoms with E-state index in [2.05, 4.69) is 15.6 Å². The molecule has 0 spiro atoms. The van der Waals surface area contributed by atoms with Crippen LogP contribution in [0.25, 0.3) is 22.1 Å². The fraction of sp³-hybridized carbons (Fsp3) is 0.353. The Morgan fingerprint density at radius 3 is 2.88 bits per heavy atom. The van der Waals surface area contributed by atoms with Crippen LogP contribution < -0.4 is 16.2 Å². The van der Waals surface area contributed by atoms with Crippen LogP contribution in [-0.2, 0) is 11.3 Å². The first kappa shape index (κ1) is 17.4. The van der Waals surface area contributed by atoms with Gasteiger partial charge in [-0.3, -0.25) is 14.2 Å². The van der Waals surface area contributed by atoms with Gasteiger partial charge < -0.3 is 15.1 Å². The lowest BCUT2D eigenvalue weighted by atomic mass is 10.1. The molecule has 1 saturated heterocycles. The number of hydrogen-bond donors (Lipinski definition) is 2. The molecule has 0 unspecified atom stereocenters. The Balaban J connectivity index is 0.00000182. The van der Waals surface area contributed by atoms with E-state index in [9.17, 15) is 9.59 Å². The first-order chi connectivity index (χ1) is 11.7. The van der Waals surface area contributed by atoms with E-state index in [-0.39, 0.29) is 42.0 Å². The minimum absolute atomic E-state index is 0. The van der Waals surface area contributed by atoms with Gasteiger partial charge in [-0.2, -0.15) is 0 Å². The first-order valence-corrected chi connectivity index (χ1v) is 8.09. The Kier molecular flexibility index (Phi) is 5.06. The maximum atomic E-state index is 12.6. The molecule has 3 aromatic rings. The number of nitrogens with one attached hydrogen (secondary N) is 2. The number of carbonyl (C=O) groups is 1. The number of hydrogen-bond acceptors (Lipinski definition) is 5. The number of rotatable bonds is 3. The number of para-hydroxylation sites is 1. The molecule has 1 aromatic carbocycles. The van der Waals surface area contributed by atoms with Crippen molar-refractivity contribution in [2.24, 2.45) is 0 Å². The van der Waals surface area contributed by atoms with E-state index in [1.807, 2.05) is 18.2 Å². The van der Waals surface area contributed by atoms with Crippen LogP contribution in [0.15, 0.2) is 39.8 Å². The summed E-state index contributed by atoms with van der Waals surface area (Å²) in [6, 6.07) is 7.54. The number of carbonyl (C=O) groups excluding carboxylic acids is 1. The lowest BCUT2D eigenvalue weighted by molar-refractivity contribution is -0.122. The van der Waals surface area contributed by atoms with Gasteiger partial charge in [0.1, 0.15) is 17.6 Å². The summed E-state index contributed by atoms with van der Waals surface area (Å²) >= 11 is 0. The van der Waals surface area contributed by atoms with E-state index in [4.69, 9.17) is 4.42 Å². The Labute approximate surface area is 149 Å². The molecule has 2 N–H and O–H groups in total. The van der Waals surface area contributed by atoms with Crippen LogP contribution >= 0.6 is 12.4 Å². The molecule has 0 aliphatic carbocycles. The summed E-state index contributed by atoms with van der Waals surface area (Å²) in [5, 5.41) is 7.02. The van der Waals surface area contributed by atoms with E-state index in [0.717, 1.165) is 31.3 Å². The quantitative estimate of drug-likeness (QED) is 0.735. The third-order valence-electron chi connectivity index (χ3n) is 4.37. The summed E-state index contributed by atoms with van der Waals surface area (Å²) in [6.07, 6.45) is 3.22. The molecule has 0 saturated carbocycles. The molecule has 132 valence electrons. The maximum Gasteiger partial charge on any atom is 0.297 e. The van der Waals surface area contributed by atoms with Crippen molar-refractivity contribution in [1.29, 1.82) is 0 Å². The Morgan fingerprint density at radius 2 is 2.08 bits per heavy atom. The second-order valence-electron chi connectivity index (χ2n) is 6.05. The van der Waals surface area contributed by atoms with Crippen molar-refractivity contribution in [3.63, 3.8) is 0 Å². The minimum Gasteiger partial charge on any atom is -0.448 e. The molecule has 0 atom stereocenters. The van der Waals surface area contributed by atoms with E-state index >= 15 is 0 Å². The van der Waals surface area contributed by atoms with Crippen molar-refractivity contribution < 1.29 is 9.21 Å². The third-order valence-corrected chi connectivity index (χ3v) is 4.37. The molecule has 1 aliphatic rings. The molecule has 8 heteroatoms. The van der Waals surface area contributed by atoms with Gasteiger partial charge in [-0.05, 0) is 38.1 Å². The van der Waals surface area contributed by atoms with Crippen molar-refractivity contribution in [3.05, 3.63) is 40.9 Å². The summed E-state index contributed by atoms with van der Waals surface area (Å²) < 4.78 is 6.91. The topological polar surface area (TPSA) is 89.2 Å². The monoisotopic (exact) mass is 362 g/mol. The van der Waals surface area contributed by atoms with Gasteiger partial charge in [0.25, 0.3) is 5.56 Å². The molecule has 2 aromatic heterocycles. The van der Waals surface area contributed by atoms with Gasteiger partial charge in [0.2, 0.25) is 11.5 Å². The molecule has 7 nitrogen and oxygen atoms in total. The second kappa shape index (κ2) is 7.25. The normalized spacial score (nSPS) is 15.2. The summed E-state index contributed by atoms with van der Waals surface area (Å²) in [6.45, 7) is 1.75. The fourth-order valence-corrected chi connectivity index (χ4v) is 3.12. The molecule has 1 aliphatic heterocycles. The average molecular weight is 363 g/mol. The molecule has 3 heterocycles. The minimum atomic E-state index is -0.336. The van der Waals surface area contributed by atoms with Gasteiger partial charge in [0.05, 0.1) is 6.33 Å². The first-order valence-electron chi connectivity index (χ1n) is 8.09. The molecule has 4 rings (SSSR count). The number of amides is 1. The predicted octanol–water partition coefficient (Wildman–Crippen LogP) is 1.43. The van der Waals surface area contributed by atoms with Gasteiger partial charge in [0, 0.05) is 11.4 Å². The highest BCUT2D eigenvalue weighted by Gasteiger charge is 2.17. The molecular formula is C17H19ClN4O3. The Morgan fingerprint density at radius 1 is 1.32 bits per heavy atom. The lowest BCUT2D eigenvalue weighted by Crippen LogP contribution is -2.44. The molecule has 0 bridgehead atoms. The van der Waals surface area contributed by atoms with Crippen molar-refractivity contribution in [1.82, 2.24) is 20.2 Å². The number of aromatic nitrogens is 2. The molecule has 25 heavy (non-hydrogen) atoms.